The third-order valence-electron chi connectivity index (χ3n) is 1.86. The Morgan fingerprint density at radius 1 is 1.71 bits per heavy atom. The molecule has 14 heavy (non-hydrogen) atoms. The van der Waals surface area contributed by atoms with Gasteiger partial charge in [-0.1, -0.05) is 22.9 Å². The second-order valence-electron chi connectivity index (χ2n) is 3.37. The van der Waals surface area contributed by atoms with Crippen molar-refractivity contribution in [3.8, 4) is 0 Å². The van der Waals surface area contributed by atoms with Crippen LogP contribution in [0, 0.1) is 5.92 Å². The van der Waals surface area contributed by atoms with Crippen LogP contribution in [-0.2, 0) is 11.2 Å². The van der Waals surface area contributed by atoms with E-state index in [2.05, 4.69) is 28.2 Å². The second-order valence-corrected chi connectivity index (χ2v) is 4.80. The maximum absolute atomic E-state index is 11.4. The molecular weight excluding hydrogens is 262 g/mol. The second kappa shape index (κ2) is 6.19. The van der Waals surface area contributed by atoms with Crippen LogP contribution >= 0.6 is 27.3 Å². The summed E-state index contributed by atoms with van der Waals surface area (Å²) in [7, 11) is 0. The Labute approximate surface area is 96.8 Å². The first-order chi connectivity index (χ1) is 6.72. The normalized spacial score (nSPS) is 12.4. The molecule has 0 fully saturated rings. The summed E-state index contributed by atoms with van der Waals surface area (Å²) in [5.41, 5.74) is 1.10. The number of carbonyl (C=O) groups excluding carboxylic acids is 1. The van der Waals surface area contributed by atoms with E-state index in [1.165, 1.54) is 0 Å². The molecule has 1 atom stereocenters. The smallest absolute Gasteiger partial charge is 0.224 e. The molecule has 0 aliphatic heterocycles. The number of halogens is 1. The maximum Gasteiger partial charge on any atom is 0.224 e. The van der Waals surface area contributed by atoms with Gasteiger partial charge >= 0.3 is 0 Å². The highest BCUT2D eigenvalue weighted by atomic mass is 79.9. The predicted molar refractivity (Wildman–Crippen MR) is 64.0 cm³/mol. The third-order valence-corrected chi connectivity index (χ3v) is 3.69. The molecule has 1 N–H and O–H groups in total. The molecule has 1 rings (SSSR count). The van der Waals surface area contributed by atoms with E-state index in [0.717, 1.165) is 17.4 Å². The summed E-state index contributed by atoms with van der Waals surface area (Å²) in [6, 6.07) is 1.98. The Bertz CT molecular complexity index is 274. The van der Waals surface area contributed by atoms with Gasteiger partial charge in [0.1, 0.15) is 0 Å². The largest absolute Gasteiger partial charge is 0.356 e. The topological polar surface area (TPSA) is 29.1 Å². The van der Waals surface area contributed by atoms with Gasteiger partial charge in [0, 0.05) is 11.9 Å². The van der Waals surface area contributed by atoms with Gasteiger partial charge in [0.2, 0.25) is 5.91 Å². The Balaban J connectivity index is 2.23. The average molecular weight is 276 g/mol. The van der Waals surface area contributed by atoms with Gasteiger partial charge in [0.15, 0.2) is 0 Å². The SMILES string of the molecule is CC(CBr)CNC(=O)Cc1ccsc1. The lowest BCUT2D eigenvalue weighted by Gasteiger charge is -2.08. The van der Waals surface area contributed by atoms with Crippen LogP contribution in [-0.4, -0.2) is 17.8 Å². The monoisotopic (exact) mass is 275 g/mol. The molecule has 0 bridgehead atoms. The van der Waals surface area contributed by atoms with Crippen LogP contribution in [0.2, 0.25) is 0 Å². The van der Waals surface area contributed by atoms with Gasteiger partial charge in [-0.05, 0) is 28.3 Å². The molecule has 1 heterocycles. The fourth-order valence-corrected chi connectivity index (χ4v) is 1.88. The van der Waals surface area contributed by atoms with Crippen molar-refractivity contribution in [2.24, 2.45) is 5.92 Å². The number of hydrogen-bond donors (Lipinski definition) is 1. The van der Waals surface area contributed by atoms with Crippen LogP contribution in [0.15, 0.2) is 16.8 Å². The van der Waals surface area contributed by atoms with E-state index < -0.39 is 0 Å². The predicted octanol–water partition coefficient (Wildman–Crippen LogP) is 2.44. The molecule has 0 aliphatic carbocycles. The highest BCUT2D eigenvalue weighted by molar-refractivity contribution is 9.09. The molecule has 2 nitrogen and oxygen atoms in total. The molecule has 1 aromatic heterocycles. The molecule has 78 valence electrons. The number of amides is 1. The highest BCUT2D eigenvalue weighted by Gasteiger charge is 2.05. The number of hydrogen-bond acceptors (Lipinski definition) is 2. The maximum atomic E-state index is 11.4. The lowest BCUT2D eigenvalue weighted by Crippen LogP contribution is -2.29. The molecule has 1 aromatic rings. The van der Waals surface area contributed by atoms with Gasteiger partial charge in [0.05, 0.1) is 6.42 Å². The van der Waals surface area contributed by atoms with Crippen molar-refractivity contribution in [3.63, 3.8) is 0 Å². The van der Waals surface area contributed by atoms with Crippen LogP contribution in [0.25, 0.3) is 0 Å². The molecule has 0 aromatic carbocycles. The van der Waals surface area contributed by atoms with E-state index in [9.17, 15) is 4.79 Å². The zero-order valence-electron chi connectivity index (χ0n) is 8.13. The van der Waals surface area contributed by atoms with Crippen LogP contribution in [0.5, 0.6) is 0 Å². The van der Waals surface area contributed by atoms with Crippen LogP contribution in [0.1, 0.15) is 12.5 Å². The first kappa shape index (κ1) is 11.7. The summed E-state index contributed by atoms with van der Waals surface area (Å²) >= 11 is 5.00. The van der Waals surface area contributed by atoms with Crippen molar-refractivity contribution in [3.05, 3.63) is 22.4 Å². The van der Waals surface area contributed by atoms with Crippen molar-refractivity contribution in [2.75, 3.05) is 11.9 Å². The Morgan fingerprint density at radius 3 is 3.07 bits per heavy atom. The Hall–Kier alpha value is -0.350. The van der Waals surface area contributed by atoms with Crippen LogP contribution < -0.4 is 5.32 Å². The molecule has 0 saturated heterocycles. The van der Waals surface area contributed by atoms with Crippen molar-refractivity contribution in [1.82, 2.24) is 5.32 Å². The zero-order chi connectivity index (χ0) is 10.4. The van der Waals surface area contributed by atoms with Gasteiger partial charge in [-0.2, -0.15) is 11.3 Å². The fraction of sp³-hybridized carbons (Fsp3) is 0.500. The number of nitrogens with one attached hydrogen (secondary N) is 1. The van der Waals surface area contributed by atoms with Gasteiger partial charge in [-0.25, -0.2) is 0 Å². The molecule has 0 saturated carbocycles. The van der Waals surface area contributed by atoms with Crippen molar-refractivity contribution in [2.45, 2.75) is 13.3 Å². The number of alkyl halides is 1. The number of thiophene rings is 1. The summed E-state index contributed by atoms with van der Waals surface area (Å²) in [5.74, 6) is 0.595. The lowest BCUT2D eigenvalue weighted by molar-refractivity contribution is -0.120. The summed E-state index contributed by atoms with van der Waals surface area (Å²) in [4.78, 5) is 11.4. The van der Waals surface area contributed by atoms with E-state index in [1.54, 1.807) is 11.3 Å². The molecule has 0 radical (unpaired) electrons. The Kier molecular flexibility index (Phi) is 5.19. The standard InChI is InChI=1S/C10H14BrNOS/c1-8(5-11)6-12-10(13)4-9-2-3-14-7-9/h2-3,7-8H,4-6H2,1H3,(H,12,13). The minimum absolute atomic E-state index is 0.108. The van der Waals surface area contributed by atoms with Crippen molar-refractivity contribution < 1.29 is 4.79 Å². The molecule has 0 aliphatic rings. The molecule has 0 spiro atoms. The minimum atomic E-state index is 0.108. The molecule has 1 amide bonds. The van der Waals surface area contributed by atoms with E-state index in [1.807, 2.05) is 16.8 Å². The summed E-state index contributed by atoms with van der Waals surface area (Å²) in [6.45, 7) is 2.84. The summed E-state index contributed by atoms with van der Waals surface area (Å²) in [6.07, 6.45) is 0.499. The first-order valence-electron chi connectivity index (χ1n) is 4.56. The van der Waals surface area contributed by atoms with Gasteiger partial charge in [-0.15, -0.1) is 0 Å². The Morgan fingerprint density at radius 2 is 2.50 bits per heavy atom. The number of carbonyl (C=O) groups is 1. The van der Waals surface area contributed by atoms with Gasteiger partial charge in [-0.3, -0.25) is 4.79 Å². The highest BCUT2D eigenvalue weighted by Crippen LogP contribution is 2.06. The van der Waals surface area contributed by atoms with E-state index in [4.69, 9.17) is 0 Å². The van der Waals surface area contributed by atoms with Crippen molar-refractivity contribution in [1.29, 1.82) is 0 Å². The summed E-state index contributed by atoms with van der Waals surface area (Å²) < 4.78 is 0. The fourth-order valence-electron chi connectivity index (χ4n) is 0.984. The lowest BCUT2D eigenvalue weighted by atomic mass is 10.2. The minimum Gasteiger partial charge on any atom is -0.356 e. The zero-order valence-corrected chi connectivity index (χ0v) is 10.5. The average Bonchev–Trinajstić information content (AvgIpc) is 2.66. The van der Waals surface area contributed by atoms with Gasteiger partial charge in [0.25, 0.3) is 0 Å². The quantitative estimate of drug-likeness (QED) is 0.822. The third kappa shape index (κ3) is 4.24. The van der Waals surface area contributed by atoms with Gasteiger partial charge < -0.3 is 5.32 Å². The van der Waals surface area contributed by atoms with E-state index >= 15 is 0 Å². The molecule has 1 unspecified atom stereocenters. The summed E-state index contributed by atoms with van der Waals surface area (Å²) in [5, 5.41) is 7.83. The van der Waals surface area contributed by atoms with Crippen LogP contribution in [0.4, 0.5) is 0 Å². The van der Waals surface area contributed by atoms with Crippen molar-refractivity contribution >= 4 is 33.2 Å². The van der Waals surface area contributed by atoms with E-state index in [-0.39, 0.29) is 5.91 Å². The van der Waals surface area contributed by atoms with E-state index in [0.29, 0.717) is 12.3 Å². The first-order valence-corrected chi connectivity index (χ1v) is 6.62. The molecular formula is C10H14BrNOS. The molecule has 4 heteroatoms. The number of rotatable bonds is 5. The van der Waals surface area contributed by atoms with Crippen LogP contribution in [0.3, 0.4) is 0 Å².